The highest BCUT2D eigenvalue weighted by atomic mass is 32.2. The fraction of sp³-hybridized carbons (Fsp3) is 0.833. The molecule has 0 aromatic rings. The number of sulfonamides is 1. The molecule has 0 saturated heterocycles. The zero-order chi connectivity index (χ0) is 8.54. The molecule has 4 nitrogen and oxygen atoms in total. The van der Waals surface area contributed by atoms with E-state index in [1.165, 1.54) is 0 Å². The number of hydrogen-bond acceptors (Lipinski definition) is 3. The van der Waals surface area contributed by atoms with Crippen molar-refractivity contribution in [3.63, 3.8) is 0 Å². The van der Waals surface area contributed by atoms with Crippen LogP contribution in [0.1, 0.15) is 19.8 Å². The maximum Gasteiger partial charge on any atom is 0.225 e. The van der Waals surface area contributed by atoms with Crippen LogP contribution in [0.15, 0.2) is 0 Å². The monoisotopic (exact) mass is 174 g/mol. The summed E-state index contributed by atoms with van der Waals surface area (Å²) in [7, 11) is -3.34. The molecule has 1 saturated carbocycles. The summed E-state index contributed by atoms with van der Waals surface area (Å²) in [6.45, 7) is 1.84. The lowest BCUT2D eigenvalue weighted by molar-refractivity contribution is 0.561. The fourth-order valence-corrected chi connectivity index (χ4v) is 1.98. The van der Waals surface area contributed by atoms with Crippen molar-refractivity contribution in [1.82, 2.24) is 4.72 Å². The van der Waals surface area contributed by atoms with Crippen LogP contribution >= 0.6 is 0 Å². The SMILES string of the molecule is CC1(NS(=O)(=O)CC#N)CC1. The molecule has 11 heavy (non-hydrogen) atoms. The van der Waals surface area contributed by atoms with Crippen LogP contribution in [0.25, 0.3) is 0 Å². The van der Waals surface area contributed by atoms with E-state index < -0.39 is 15.8 Å². The van der Waals surface area contributed by atoms with Crippen molar-refractivity contribution in [2.45, 2.75) is 25.3 Å². The van der Waals surface area contributed by atoms with Crippen LogP contribution in [-0.4, -0.2) is 19.7 Å². The van der Waals surface area contributed by atoms with Gasteiger partial charge in [0.15, 0.2) is 5.75 Å². The summed E-state index contributed by atoms with van der Waals surface area (Å²) in [5.74, 6) is -0.442. The summed E-state index contributed by atoms with van der Waals surface area (Å²) >= 11 is 0. The molecule has 0 aliphatic heterocycles. The lowest BCUT2D eigenvalue weighted by Crippen LogP contribution is -2.35. The number of nitriles is 1. The van der Waals surface area contributed by atoms with Gasteiger partial charge in [0, 0.05) is 5.54 Å². The summed E-state index contributed by atoms with van der Waals surface area (Å²) in [4.78, 5) is 0. The Balaban J connectivity index is 2.55. The van der Waals surface area contributed by atoms with Crippen molar-refractivity contribution in [1.29, 1.82) is 5.26 Å². The largest absolute Gasteiger partial charge is 0.225 e. The van der Waals surface area contributed by atoms with Crippen LogP contribution in [0.4, 0.5) is 0 Å². The summed E-state index contributed by atoms with van der Waals surface area (Å²) in [6, 6.07) is 1.61. The van der Waals surface area contributed by atoms with E-state index in [4.69, 9.17) is 5.26 Å². The first-order valence-corrected chi connectivity index (χ1v) is 5.01. The second kappa shape index (κ2) is 2.47. The van der Waals surface area contributed by atoms with Gasteiger partial charge in [-0.15, -0.1) is 0 Å². The number of nitrogens with zero attached hydrogens (tertiary/aromatic N) is 1. The Labute approximate surface area is 66.3 Å². The predicted molar refractivity (Wildman–Crippen MR) is 40.2 cm³/mol. The van der Waals surface area contributed by atoms with Gasteiger partial charge >= 0.3 is 0 Å². The van der Waals surface area contributed by atoms with Crippen LogP contribution in [0.2, 0.25) is 0 Å². The highest BCUT2D eigenvalue weighted by Gasteiger charge is 2.40. The minimum absolute atomic E-state index is 0.254. The van der Waals surface area contributed by atoms with Crippen molar-refractivity contribution in [2.75, 3.05) is 5.75 Å². The van der Waals surface area contributed by atoms with Crippen LogP contribution in [0.3, 0.4) is 0 Å². The normalized spacial score (nSPS) is 20.7. The minimum atomic E-state index is -3.34. The van der Waals surface area contributed by atoms with Crippen LogP contribution in [-0.2, 0) is 10.0 Å². The van der Waals surface area contributed by atoms with Crippen molar-refractivity contribution < 1.29 is 8.42 Å². The second-order valence-corrected chi connectivity index (χ2v) is 4.80. The van der Waals surface area contributed by atoms with Crippen LogP contribution < -0.4 is 4.72 Å². The molecule has 0 heterocycles. The summed E-state index contributed by atoms with van der Waals surface area (Å²) in [5, 5.41) is 8.15. The van der Waals surface area contributed by atoms with Crippen LogP contribution in [0.5, 0.6) is 0 Å². The Morgan fingerprint density at radius 3 is 2.55 bits per heavy atom. The molecule has 1 fully saturated rings. The van der Waals surface area contributed by atoms with E-state index in [2.05, 4.69) is 4.72 Å². The van der Waals surface area contributed by atoms with Gasteiger partial charge in [0.25, 0.3) is 0 Å². The number of hydrogen-bond donors (Lipinski definition) is 1. The van der Waals surface area contributed by atoms with Gasteiger partial charge in [-0.05, 0) is 19.8 Å². The highest BCUT2D eigenvalue weighted by Crippen LogP contribution is 2.34. The standard InChI is InChI=1S/C6H10N2O2S/c1-6(2-3-6)8-11(9,10)5-4-7/h8H,2-3,5H2,1H3. The van der Waals surface area contributed by atoms with Gasteiger partial charge < -0.3 is 0 Å². The molecule has 0 atom stereocenters. The third-order valence-corrected chi connectivity index (χ3v) is 2.97. The van der Waals surface area contributed by atoms with Crippen molar-refractivity contribution in [2.24, 2.45) is 0 Å². The molecule has 0 bridgehead atoms. The average Bonchev–Trinajstić information content (AvgIpc) is 2.45. The number of rotatable bonds is 3. The van der Waals surface area contributed by atoms with Gasteiger partial charge in [-0.1, -0.05) is 0 Å². The van der Waals surface area contributed by atoms with Crippen molar-refractivity contribution in [3.8, 4) is 6.07 Å². The maximum absolute atomic E-state index is 11.0. The van der Waals surface area contributed by atoms with Gasteiger partial charge in [0.05, 0.1) is 6.07 Å². The lowest BCUT2D eigenvalue weighted by Gasteiger charge is -2.08. The Morgan fingerprint density at radius 1 is 1.64 bits per heavy atom. The molecule has 5 heteroatoms. The van der Waals surface area contributed by atoms with E-state index in [1.807, 2.05) is 6.92 Å². The quantitative estimate of drug-likeness (QED) is 0.653. The van der Waals surface area contributed by atoms with E-state index in [-0.39, 0.29) is 5.54 Å². The van der Waals surface area contributed by atoms with Gasteiger partial charge in [-0.2, -0.15) is 5.26 Å². The van der Waals surface area contributed by atoms with Crippen molar-refractivity contribution >= 4 is 10.0 Å². The molecule has 1 aliphatic rings. The molecule has 0 aromatic carbocycles. The van der Waals surface area contributed by atoms with E-state index in [0.717, 1.165) is 12.8 Å². The second-order valence-electron chi connectivity index (χ2n) is 3.08. The van der Waals surface area contributed by atoms with Gasteiger partial charge in [-0.25, -0.2) is 13.1 Å². The molecule has 0 radical (unpaired) electrons. The summed E-state index contributed by atoms with van der Waals surface area (Å²) in [6.07, 6.45) is 1.75. The Hall–Kier alpha value is -0.600. The molecule has 0 spiro atoms. The first-order chi connectivity index (χ1) is 4.97. The summed E-state index contributed by atoms with van der Waals surface area (Å²) in [5.41, 5.74) is -0.254. The average molecular weight is 174 g/mol. The zero-order valence-electron chi connectivity index (χ0n) is 6.29. The van der Waals surface area contributed by atoms with Gasteiger partial charge in [0.2, 0.25) is 10.0 Å². The molecule has 1 rings (SSSR count). The van der Waals surface area contributed by atoms with E-state index >= 15 is 0 Å². The first-order valence-electron chi connectivity index (χ1n) is 3.36. The Bertz CT molecular complexity index is 284. The Morgan fingerprint density at radius 2 is 2.18 bits per heavy atom. The molecule has 0 aromatic heterocycles. The van der Waals surface area contributed by atoms with Crippen molar-refractivity contribution in [3.05, 3.63) is 0 Å². The third-order valence-electron chi connectivity index (χ3n) is 1.66. The molecule has 1 aliphatic carbocycles. The highest BCUT2D eigenvalue weighted by molar-refractivity contribution is 7.89. The molecule has 62 valence electrons. The van der Waals surface area contributed by atoms with Gasteiger partial charge in [0.1, 0.15) is 0 Å². The maximum atomic E-state index is 11.0. The molecular formula is C6H10N2O2S. The van der Waals surface area contributed by atoms with E-state index in [0.29, 0.717) is 0 Å². The molecule has 0 amide bonds. The Kier molecular flexibility index (Phi) is 1.90. The third kappa shape index (κ3) is 2.48. The zero-order valence-corrected chi connectivity index (χ0v) is 7.11. The lowest BCUT2D eigenvalue weighted by atomic mass is 10.4. The summed E-state index contributed by atoms with van der Waals surface area (Å²) < 4.78 is 24.4. The smallest absolute Gasteiger partial charge is 0.211 e. The van der Waals surface area contributed by atoms with E-state index in [1.54, 1.807) is 6.07 Å². The van der Waals surface area contributed by atoms with Gasteiger partial charge in [-0.3, -0.25) is 0 Å². The van der Waals surface area contributed by atoms with Crippen LogP contribution in [0, 0.1) is 11.3 Å². The molecule has 1 N–H and O–H groups in total. The fourth-order valence-electron chi connectivity index (χ4n) is 0.786. The molecular weight excluding hydrogens is 164 g/mol. The predicted octanol–water partition coefficient (Wildman–Crippen LogP) is -0.0181. The molecule has 0 unspecified atom stereocenters. The topological polar surface area (TPSA) is 70.0 Å². The minimum Gasteiger partial charge on any atom is -0.211 e. The number of nitrogens with one attached hydrogen (secondary N) is 1. The van der Waals surface area contributed by atoms with E-state index in [9.17, 15) is 8.42 Å². The first kappa shape index (κ1) is 8.50.